The number of likely N-dealkylation sites (tertiary alicyclic amines) is 1. The van der Waals surface area contributed by atoms with Crippen molar-refractivity contribution in [3.63, 3.8) is 0 Å². The number of benzene rings is 2. The number of aromatic hydroxyl groups is 1. The summed E-state index contributed by atoms with van der Waals surface area (Å²) in [6, 6.07) is 16.1. The zero-order valence-corrected chi connectivity index (χ0v) is 15.9. The minimum absolute atomic E-state index is 0.298. The van der Waals surface area contributed by atoms with Gasteiger partial charge in [0.1, 0.15) is 18.1 Å². The molecular weight excluding hydrogens is 334 g/mol. The first kappa shape index (κ1) is 17.9. The van der Waals surface area contributed by atoms with Crippen LogP contribution in [0.4, 0.5) is 0 Å². The smallest absolute Gasteiger partial charge is 0.119 e. The lowest BCUT2D eigenvalue weighted by Gasteiger charge is -2.30. The summed E-state index contributed by atoms with van der Waals surface area (Å²) < 4.78 is 5.90. The van der Waals surface area contributed by atoms with Crippen molar-refractivity contribution in [3.8, 4) is 11.5 Å². The van der Waals surface area contributed by atoms with Gasteiger partial charge in [0, 0.05) is 12.5 Å². The third-order valence-electron chi connectivity index (χ3n) is 5.58. The molecule has 0 saturated carbocycles. The van der Waals surface area contributed by atoms with Crippen molar-refractivity contribution >= 4 is 5.57 Å². The summed E-state index contributed by atoms with van der Waals surface area (Å²) in [4.78, 5) is 2.41. The molecule has 1 heterocycles. The van der Waals surface area contributed by atoms with Crippen LogP contribution in [0.5, 0.6) is 11.5 Å². The Morgan fingerprint density at radius 3 is 2.63 bits per heavy atom. The lowest BCUT2D eigenvalue weighted by Crippen LogP contribution is -2.39. The van der Waals surface area contributed by atoms with Crippen molar-refractivity contribution in [1.29, 1.82) is 0 Å². The highest BCUT2D eigenvalue weighted by atomic mass is 16.5. The molecule has 1 saturated heterocycles. The Balaban J connectivity index is 1.50. The summed E-state index contributed by atoms with van der Waals surface area (Å²) in [6.45, 7) is 6.33. The second-order valence-corrected chi connectivity index (χ2v) is 7.45. The summed E-state index contributed by atoms with van der Waals surface area (Å²) >= 11 is 0. The van der Waals surface area contributed by atoms with Crippen molar-refractivity contribution in [2.75, 3.05) is 26.2 Å². The third kappa shape index (κ3) is 4.09. The molecule has 3 heteroatoms. The number of phenolic OH excluding ortho intramolecular Hbond substituents is 1. The van der Waals surface area contributed by atoms with Gasteiger partial charge in [-0.2, -0.15) is 0 Å². The second-order valence-electron chi connectivity index (χ2n) is 7.45. The molecule has 0 radical (unpaired) electrons. The molecule has 140 valence electrons. The number of ether oxygens (including phenoxy) is 1. The van der Waals surface area contributed by atoms with Crippen molar-refractivity contribution in [2.45, 2.75) is 25.7 Å². The standard InChI is InChI=1S/C24H27NO2/c1-18-5-2-8-23(24(18)20-6-3-7-21(26)17-20)19-9-11-22(12-10-19)27-16-15-25-13-4-14-25/h2-3,5-7,9-12,17,23,26H,4,8,13-16H2,1H3. The molecule has 0 aromatic heterocycles. The molecule has 0 amide bonds. The number of nitrogens with zero attached hydrogens (tertiary/aromatic N) is 1. The number of rotatable bonds is 6. The van der Waals surface area contributed by atoms with Crippen LogP contribution >= 0.6 is 0 Å². The van der Waals surface area contributed by atoms with Gasteiger partial charge in [0.2, 0.25) is 0 Å². The van der Waals surface area contributed by atoms with Gasteiger partial charge in [0.15, 0.2) is 0 Å². The third-order valence-corrected chi connectivity index (χ3v) is 5.58. The maximum Gasteiger partial charge on any atom is 0.119 e. The van der Waals surface area contributed by atoms with Gasteiger partial charge in [0.05, 0.1) is 0 Å². The SMILES string of the molecule is CC1=C(c2cccc(O)c2)C(c2ccc(OCCN3CCC3)cc2)CC=C1. The van der Waals surface area contributed by atoms with E-state index < -0.39 is 0 Å². The van der Waals surface area contributed by atoms with Crippen LogP contribution in [-0.2, 0) is 0 Å². The Morgan fingerprint density at radius 1 is 1.11 bits per heavy atom. The number of hydrogen-bond donors (Lipinski definition) is 1. The highest BCUT2D eigenvalue weighted by Crippen LogP contribution is 2.41. The van der Waals surface area contributed by atoms with Crippen molar-refractivity contribution in [2.24, 2.45) is 0 Å². The summed E-state index contributed by atoms with van der Waals surface area (Å²) in [5.74, 6) is 1.55. The van der Waals surface area contributed by atoms with Crippen LogP contribution in [0.25, 0.3) is 5.57 Å². The molecular formula is C24H27NO2. The number of allylic oxidation sites excluding steroid dienone is 4. The highest BCUT2D eigenvalue weighted by molar-refractivity contribution is 5.77. The Morgan fingerprint density at radius 2 is 1.93 bits per heavy atom. The van der Waals surface area contributed by atoms with Crippen LogP contribution in [0.3, 0.4) is 0 Å². The Labute approximate surface area is 161 Å². The number of hydrogen-bond acceptors (Lipinski definition) is 3. The van der Waals surface area contributed by atoms with E-state index >= 15 is 0 Å². The van der Waals surface area contributed by atoms with Gasteiger partial charge in [-0.3, -0.25) is 4.90 Å². The van der Waals surface area contributed by atoms with Crippen LogP contribution in [0.15, 0.2) is 66.3 Å². The van der Waals surface area contributed by atoms with E-state index in [4.69, 9.17) is 4.74 Å². The fourth-order valence-corrected chi connectivity index (χ4v) is 3.96. The topological polar surface area (TPSA) is 32.7 Å². The normalized spacial score (nSPS) is 19.8. The first-order valence-corrected chi connectivity index (χ1v) is 9.82. The molecule has 1 fully saturated rings. The second kappa shape index (κ2) is 8.01. The lowest BCUT2D eigenvalue weighted by atomic mass is 9.79. The Kier molecular flexibility index (Phi) is 5.30. The van der Waals surface area contributed by atoms with E-state index in [9.17, 15) is 5.11 Å². The monoisotopic (exact) mass is 361 g/mol. The van der Waals surface area contributed by atoms with Gasteiger partial charge < -0.3 is 9.84 Å². The summed E-state index contributed by atoms with van der Waals surface area (Å²) in [5.41, 5.74) is 4.93. The van der Waals surface area contributed by atoms with E-state index in [1.54, 1.807) is 6.07 Å². The molecule has 1 atom stereocenters. The molecule has 1 unspecified atom stereocenters. The molecule has 2 aliphatic rings. The van der Waals surface area contributed by atoms with Crippen LogP contribution in [0, 0.1) is 0 Å². The molecule has 2 aromatic rings. The molecule has 0 spiro atoms. The average Bonchev–Trinajstić information content (AvgIpc) is 2.64. The van der Waals surface area contributed by atoms with Gasteiger partial charge in [-0.15, -0.1) is 0 Å². The van der Waals surface area contributed by atoms with E-state index in [0.29, 0.717) is 11.7 Å². The van der Waals surface area contributed by atoms with Gasteiger partial charge in [0.25, 0.3) is 0 Å². The van der Waals surface area contributed by atoms with Crippen LogP contribution in [-0.4, -0.2) is 36.2 Å². The maximum absolute atomic E-state index is 9.91. The quantitative estimate of drug-likeness (QED) is 0.786. The summed E-state index contributed by atoms with van der Waals surface area (Å²) in [6.07, 6.45) is 6.71. The largest absolute Gasteiger partial charge is 0.508 e. The summed E-state index contributed by atoms with van der Waals surface area (Å²) in [7, 11) is 0. The van der Waals surface area contributed by atoms with Crippen LogP contribution < -0.4 is 4.74 Å². The van der Waals surface area contributed by atoms with Gasteiger partial charge in [-0.25, -0.2) is 0 Å². The summed E-state index contributed by atoms with van der Waals surface area (Å²) in [5, 5.41) is 9.91. The predicted octanol–water partition coefficient (Wildman–Crippen LogP) is 4.99. The van der Waals surface area contributed by atoms with E-state index in [1.807, 2.05) is 12.1 Å². The molecule has 0 bridgehead atoms. The fourth-order valence-electron chi connectivity index (χ4n) is 3.96. The van der Waals surface area contributed by atoms with Crippen LogP contribution in [0.2, 0.25) is 0 Å². The molecule has 1 N–H and O–H groups in total. The molecule has 1 aliphatic carbocycles. The zero-order chi connectivity index (χ0) is 18.6. The first-order chi connectivity index (χ1) is 13.2. The fraction of sp³-hybridized carbons (Fsp3) is 0.333. The molecule has 1 aliphatic heterocycles. The maximum atomic E-state index is 9.91. The first-order valence-electron chi connectivity index (χ1n) is 9.82. The average molecular weight is 361 g/mol. The predicted molar refractivity (Wildman–Crippen MR) is 110 cm³/mol. The van der Waals surface area contributed by atoms with Gasteiger partial charge in [-0.1, -0.05) is 36.4 Å². The molecule has 2 aromatic carbocycles. The van der Waals surface area contributed by atoms with Crippen molar-refractivity contribution in [1.82, 2.24) is 4.90 Å². The van der Waals surface area contributed by atoms with Crippen molar-refractivity contribution in [3.05, 3.63) is 77.4 Å². The molecule has 3 nitrogen and oxygen atoms in total. The van der Waals surface area contributed by atoms with Crippen LogP contribution in [0.1, 0.15) is 36.8 Å². The van der Waals surface area contributed by atoms with Gasteiger partial charge in [-0.05, 0) is 79.4 Å². The lowest BCUT2D eigenvalue weighted by molar-refractivity contribution is 0.147. The molecule has 27 heavy (non-hydrogen) atoms. The number of phenols is 1. The van der Waals surface area contributed by atoms with E-state index in [2.05, 4.69) is 54.3 Å². The Hall–Kier alpha value is -2.52. The van der Waals surface area contributed by atoms with Gasteiger partial charge >= 0.3 is 0 Å². The van der Waals surface area contributed by atoms with E-state index in [0.717, 1.165) is 30.9 Å². The van der Waals surface area contributed by atoms with E-state index in [1.165, 1.54) is 36.2 Å². The minimum atomic E-state index is 0.298. The Bertz CT molecular complexity index is 847. The van der Waals surface area contributed by atoms with E-state index in [-0.39, 0.29) is 0 Å². The zero-order valence-electron chi connectivity index (χ0n) is 15.9. The molecule has 4 rings (SSSR count). The van der Waals surface area contributed by atoms with Crippen molar-refractivity contribution < 1.29 is 9.84 Å². The highest BCUT2D eigenvalue weighted by Gasteiger charge is 2.22. The minimum Gasteiger partial charge on any atom is -0.508 e.